The zero-order valence-electron chi connectivity index (χ0n) is 28.9. The fourth-order valence-electron chi connectivity index (χ4n) is 4.24. The van der Waals surface area contributed by atoms with Crippen LogP contribution in [-0.4, -0.2) is 195 Å². The maximum atomic E-state index is 10.6. The Morgan fingerprint density at radius 2 is 1.13 bits per heavy atom. The van der Waals surface area contributed by atoms with Gasteiger partial charge in [0.15, 0.2) is 0 Å². The number of hydrogen-bond acceptors (Lipinski definition) is 17. The van der Waals surface area contributed by atoms with E-state index in [2.05, 4.69) is 19.7 Å². The number of nitrogens with one attached hydrogen (secondary N) is 2. The Balaban J connectivity index is 4.88. The Hall–Kier alpha value is 0.0200. The molecule has 12 N–H and O–H groups in total. The third-order valence-electron chi connectivity index (χ3n) is 6.54. The minimum atomic E-state index is -3.58. The van der Waals surface area contributed by atoms with Gasteiger partial charge in [-0.3, -0.25) is 14.0 Å². The fraction of sp³-hybridized carbons (Fsp3) is 1.00. The lowest BCUT2D eigenvalue weighted by Gasteiger charge is -2.29. The summed E-state index contributed by atoms with van der Waals surface area (Å²) in [6.45, 7) is 12.3. The summed E-state index contributed by atoms with van der Waals surface area (Å²) in [7, 11) is -5.43. The summed E-state index contributed by atoms with van der Waals surface area (Å²) in [5.41, 5.74) is 5.23. The van der Waals surface area contributed by atoms with Crippen LogP contribution in [-0.2, 0) is 18.4 Å². The molecule has 0 heterocycles. The standard InChI is InChI=1S/C28H67N5O12S2/c1-28(2,3)45-24-27(36)19-32(12-9-30-8-7-29)13-10-31-11-14-33(20-25(34)22-43-15-5-17-46(37,38)39)21-26(35)23-44-16-6-18-47(40,41)42-4/h25-27,30-31,34-41H,5-24,29H2,1-4H3. The number of ether oxygens (including phenoxy) is 3. The van der Waals surface area contributed by atoms with Crippen LogP contribution >= 0.6 is 21.7 Å². The second kappa shape index (κ2) is 26.8. The summed E-state index contributed by atoms with van der Waals surface area (Å²) in [5, 5.41) is 38.3. The SMILES string of the molecule is COS(O)(O)CCCOCC(O)CN(CCNCCN(CCNCCN)CC(O)COC(C)(C)C)CC(O)COCCCS(O)(O)O. The van der Waals surface area contributed by atoms with Crippen LogP contribution in [0.1, 0.15) is 33.6 Å². The van der Waals surface area contributed by atoms with E-state index in [-0.39, 0.29) is 69.7 Å². The topological polar surface area (TPSA) is 255 Å². The fourth-order valence-corrected chi connectivity index (χ4v) is 5.40. The summed E-state index contributed by atoms with van der Waals surface area (Å²) in [4.78, 5) is 4.03. The Bertz CT molecular complexity index is 741. The van der Waals surface area contributed by atoms with Crippen LogP contribution in [0.5, 0.6) is 0 Å². The van der Waals surface area contributed by atoms with Crippen LogP contribution in [0.25, 0.3) is 0 Å². The van der Waals surface area contributed by atoms with Crippen molar-refractivity contribution in [1.29, 1.82) is 0 Å². The molecule has 0 rings (SSSR count). The molecule has 0 radical (unpaired) electrons. The zero-order valence-corrected chi connectivity index (χ0v) is 30.5. The smallest absolute Gasteiger partial charge is 0.0900 e. The summed E-state index contributed by atoms with van der Waals surface area (Å²) in [6.07, 6.45) is -1.82. The molecule has 0 fully saturated rings. The molecule has 47 heavy (non-hydrogen) atoms. The van der Waals surface area contributed by atoms with E-state index in [9.17, 15) is 24.4 Å². The van der Waals surface area contributed by atoms with Gasteiger partial charge in [-0.25, -0.2) is 0 Å². The maximum absolute atomic E-state index is 10.6. The van der Waals surface area contributed by atoms with Crippen molar-refractivity contribution in [2.24, 2.45) is 5.73 Å². The number of aliphatic hydroxyl groups excluding tert-OH is 3. The summed E-state index contributed by atoms with van der Waals surface area (Å²) >= 11 is 0. The van der Waals surface area contributed by atoms with Crippen molar-refractivity contribution >= 4 is 21.7 Å². The molecule has 3 atom stereocenters. The van der Waals surface area contributed by atoms with Gasteiger partial charge < -0.3 is 68.7 Å². The predicted octanol–water partition coefficient (Wildman–Crippen LogP) is -0.0249. The Kier molecular flexibility index (Phi) is 26.8. The van der Waals surface area contributed by atoms with Crippen LogP contribution in [0.4, 0.5) is 0 Å². The predicted molar refractivity (Wildman–Crippen MR) is 187 cm³/mol. The summed E-state index contributed by atoms with van der Waals surface area (Å²) in [6, 6.07) is 0. The van der Waals surface area contributed by atoms with E-state index in [0.29, 0.717) is 52.2 Å². The normalized spacial score (nSPS) is 15.8. The molecule has 3 unspecified atom stereocenters. The molecule has 0 spiro atoms. The van der Waals surface area contributed by atoms with Gasteiger partial charge in [-0.2, -0.15) is 0 Å². The molecule has 0 saturated heterocycles. The Morgan fingerprint density at radius 3 is 1.60 bits per heavy atom. The van der Waals surface area contributed by atoms with E-state index in [0.717, 1.165) is 13.1 Å². The molecule has 0 aliphatic rings. The second-order valence-electron chi connectivity index (χ2n) is 12.4. The van der Waals surface area contributed by atoms with Gasteiger partial charge in [0.2, 0.25) is 0 Å². The molecular weight excluding hydrogens is 662 g/mol. The molecule has 0 aromatic heterocycles. The minimum absolute atomic E-state index is 0.0124. The maximum Gasteiger partial charge on any atom is 0.0900 e. The van der Waals surface area contributed by atoms with Crippen molar-refractivity contribution in [1.82, 2.24) is 20.4 Å². The quantitative estimate of drug-likeness (QED) is 0.0407. The highest BCUT2D eigenvalue weighted by Gasteiger charge is 2.19. The molecule has 0 aromatic rings. The molecule has 288 valence electrons. The van der Waals surface area contributed by atoms with Gasteiger partial charge in [0.05, 0.1) is 72.6 Å². The van der Waals surface area contributed by atoms with Gasteiger partial charge in [-0.05, 0) is 33.6 Å². The van der Waals surface area contributed by atoms with Crippen LogP contribution in [0, 0.1) is 0 Å². The Morgan fingerprint density at radius 1 is 0.681 bits per heavy atom. The monoisotopic (exact) mass is 729 g/mol. The van der Waals surface area contributed by atoms with Crippen LogP contribution < -0.4 is 16.4 Å². The highest BCUT2D eigenvalue weighted by atomic mass is 32.3. The first-order chi connectivity index (χ1) is 22.0. The first kappa shape index (κ1) is 47.0. The molecular formula is C28H67N5O12S2. The van der Waals surface area contributed by atoms with Gasteiger partial charge in [0, 0.05) is 96.7 Å². The van der Waals surface area contributed by atoms with E-state index in [1.807, 2.05) is 25.7 Å². The number of nitrogens with two attached hydrogens (primary N) is 1. The van der Waals surface area contributed by atoms with Gasteiger partial charge in [-0.1, -0.05) is 0 Å². The largest absolute Gasteiger partial charge is 0.389 e. The summed E-state index contributed by atoms with van der Waals surface area (Å²) in [5.74, 6) is -0.172. The average molecular weight is 730 g/mol. The van der Waals surface area contributed by atoms with Crippen molar-refractivity contribution in [3.05, 3.63) is 0 Å². The lowest BCUT2D eigenvalue weighted by molar-refractivity contribution is -0.0559. The van der Waals surface area contributed by atoms with Crippen LogP contribution in [0.15, 0.2) is 0 Å². The van der Waals surface area contributed by atoms with Crippen molar-refractivity contribution in [3.8, 4) is 0 Å². The van der Waals surface area contributed by atoms with Gasteiger partial charge in [0.1, 0.15) is 0 Å². The van der Waals surface area contributed by atoms with Gasteiger partial charge in [0.25, 0.3) is 0 Å². The minimum Gasteiger partial charge on any atom is -0.389 e. The molecule has 0 bridgehead atoms. The van der Waals surface area contributed by atoms with Crippen LogP contribution in [0.2, 0.25) is 0 Å². The molecule has 0 aromatic carbocycles. The third kappa shape index (κ3) is 31.7. The number of hydrogen-bond donors (Lipinski definition) is 11. The number of aliphatic hydroxyl groups is 3. The van der Waals surface area contributed by atoms with Crippen molar-refractivity contribution in [3.63, 3.8) is 0 Å². The van der Waals surface area contributed by atoms with Crippen molar-refractivity contribution < 1.29 is 56.5 Å². The van der Waals surface area contributed by atoms with Gasteiger partial charge >= 0.3 is 0 Å². The molecule has 17 nitrogen and oxygen atoms in total. The van der Waals surface area contributed by atoms with E-state index in [4.69, 9.17) is 33.6 Å². The highest BCUT2D eigenvalue weighted by molar-refractivity contribution is 8.20. The second-order valence-corrected chi connectivity index (χ2v) is 16.0. The first-order valence-corrected chi connectivity index (χ1v) is 19.5. The van der Waals surface area contributed by atoms with Gasteiger partial charge in [-0.15, -0.1) is 0 Å². The summed E-state index contributed by atoms with van der Waals surface area (Å²) < 4.78 is 67.6. The number of nitrogens with zero attached hydrogens (tertiary/aromatic N) is 2. The van der Waals surface area contributed by atoms with E-state index in [1.165, 1.54) is 7.11 Å². The lowest BCUT2D eigenvalue weighted by Crippen LogP contribution is -2.45. The Labute approximate surface area is 285 Å². The molecule has 19 heteroatoms. The number of rotatable bonds is 32. The third-order valence-corrected chi connectivity index (χ3v) is 8.74. The van der Waals surface area contributed by atoms with Crippen molar-refractivity contribution in [2.75, 3.05) is 124 Å². The lowest BCUT2D eigenvalue weighted by atomic mass is 10.2. The molecule has 0 saturated carbocycles. The first-order valence-electron chi connectivity index (χ1n) is 16.2. The van der Waals surface area contributed by atoms with E-state index in [1.54, 1.807) is 0 Å². The highest BCUT2D eigenvalue weighted by Crippen LogP contribution is 2.38. The molecule has 0 aliphatic carbocycles. The van der Waals surface area contributed by atoms with E-state index >= 15 is 0 Å². The van der Waals surface area contributed by atoms with Crippen molar-refractivity contribution in [2.45, 2.75) is 57.5 Å². The molecule has 0 aliphatic heterocycles. The van der Waals surface area contributed by atoms with Crippen LogP contribution in [0.3, 0.4) is 0 Å². The average Bonchev–Trinajstić information content (AvgIpc) is 2.96. The zero-order chi connectivity index (χ0) is 35.8. The molecule has 0 amide bonds. The van der Waals surface area contributed by atoms with E-state index < -0.39 is 40.1 Å².